The minimum atomic E-state index is -0.942. The minimum Gasteiger partial charge on any atom is -0.373 e. The quantitative estimate of drug-likeness (QED) is 0.697. The lowest BCUT2D eigenvalue weighted by atomic mass is 10.1. The molecule has 0 spiro atoms. The fourth-order valence-electron chi connectivity index (χ4n) is 5.11. The van der Waals surface area contributed by atoms with E-state index in [9.17, 15) is 9.18 Å². The lowest BCUT2D eigenvalue weighted by Gasteiger charge is -2.41. The van der Waals surface area contributed by atoms with E-state index in [4.69, 9.17) is 0 Å². The van der Waals surface area contributed by atoms with Crippen LogP contribution < -0.4 is 10.2 Å². The van der Waals surface area contributed by atoms with Gasteiger partial charge in [0.1, 0.15) is 23.8 Å². The van der Waals surface area contributed by atoms with E-state index in [1.807, 2.05) is 34.8 Å². The number of hydrogen-bond donors (Lipinski definition) is 1. The first-order chi connectivity index (χ1) is 15.1. The van der Waals surface area contributed by atoms with Crippen molar-refractivity contribution in [3.8, 4) is 11.1 Å². The van der Waals surface area contributed by atoms with Crippen molar-refractivity contribution in [2.24, 2.45) is 5.92 Å². The molecule has 3 fully saturated rings. The monoisotopic (exact) mass is 421 g/mol. The molecule has 3 aromatic rings. The zero-order valence-corrected chi connectivity index (χ0v) is 17.3. The number of hydrogen-bond acceptors (Lipinski definition) is 6. The number of amides is 1. The van der Waals surface area contributed by atoms with Gasteiger partial charge >= 0.3 is 0 Å². The number of nitrogens with one attached hydrogen (secondary N) is 1. The molecule has 6 rings (SSSR count). The Labute approximate surface area is 179 Å². The number of aromatic nitrogens is 4. The molecule has 3 aromatic heterocycles. The molecule has 2 unspecified atom stereocenters. The third-order valence-electron chi connectivity index (χ3n) is 6.80. The third kappa shape index (κ3) is 3.02. The van der Waals surface area contributed by atoms with Gasteiger partial charge in [-0.15, -0.1) is 0 Å². The Bertz CT molecular complexity index is 1150. The first-order valence-corrected chi connectivity index (χ1v) is 10.8. The fourth-order valence-corrected chi connectivity index (χ4v) is 5.11. The molecular weight excluding hydrogens is 397 g/mol. The van der Waals surface area contributed by atoms with Gasteiger partial charge in [-0.3, -0.25) is 4.79 Å². The summed E-state index contributed by atoms with van der Waals surface area (Å²) in [7, 11) is 1.85. The lowest BCUT2D eigenvalue weighted by Crippen LogP contribution is -2.56. The Morgan fingerprint density at radius 2 is 1.94 bits per heavy atom. The van der Waals surface area contributed by atoms with Crippen LogP contribution in [-0.2, 0) is 4.79 Å². The number of pyridine rings is 1. The van der Waals surface area contributed by atoms with E-state index >= 15 is 0 Å². The summed E-state index contributed by atoms with van der Waals surface area (Å²) >= 11 is 0. The topological polar surface area (TPSA) is 78.7 Å². The van der Waals surface area contributed by atoms with Gasteiger partial charge in [0.15, 0.2) is 5.82 Å². The van der Waals surface area contributed by atoms with Gasteiger partial charge in [-0.1, -0.05) is 0 Å². The SMILES string of the molecule is CNc1cc(-c2cc3c(N4CC5CCC(C4)N5C(=O)[C@@H]4C[C@H]4F)ncnn3c2)ccn1. The second-order valence-electron chi connectivity index (χ2n) is 8.72. The van der Waals surface area contributed by atoms with Crippen LogP contribution in [0.1, 0.15) is 19.3 Å². The Morgan fingerprint density at radius 1 is 1.16 bits per heavy atom. The maximum Gasteiger partial charge on any atom is 0.229 e. The van der Waals surface area contributed by atoms with Gasteiger partial charge in [-0.05, 0) is 43.0 Å². The van der Waals surface area contributed by atoms with E-state index in [1.165, 1.54) is 0 Å². The number of nitrogens with zero attached hydrogens (tertiary/aromatic N) is 6. The normalized spacial score (nSPS) is 27.0. The first kappa shape index (κ1) is 18.5. The van der Waals surface area contributed by atoms with Gasteiger partial charge in [0, 0.05) is 50.2 Å². The van der Waals surface area contributed by atoms with Crippen molar-refractivity contribution in [1.29, 1.82) is 0 Å². The Morgan fingerprint density at radius 3 is 2.65 bits per heavy atom. The average molecular weight is 421 g/mol. The van der Waals surface area contributed by atoms with Crippen LogP contribution in [0.3, 0.4) is 0 Å². The molecule has 0 radical (unpaired) electrons. The molecule has 0 aromatic carbocycles. The summed E-state index contributed by atoms with van der Waals surface area (Å²) in [6.07, 6.45) is 6.74. The number of piperazine rings is 1. The van der Waals surface area contributed by atoms with Crippen molar-refractivity contribution in [1.82, 2.24) is 24.5 Å². The average Bonchev–Trinajstić information content (AvgIpc) is 3.25. The number of fused-ring (bicyclic) bond motifs is 3. The number of carbonyl (C=O) groups excluding carboxylic acids is 1. The second kappa shape index (κ2) is 6.90. The fraction of sp³-hybridized carbons (Fsp3) is 0.455. The number of carbonyl (C=O) groups is 1. The van der Waals surface area contributed by atoms with Crippen molar-refractivity contribution in [2.45, 2.75) is 37.5 Å². The Balaban J connectivity index is 1.30. The van der Waals surface area contributed by atoms with Crippen LogP contribution in [-0.4, -0.2) is 68.8 Å². The molecule has 9 heteroatoms. The van der Waals surface area contributed by atoms with Gasteiger partial charge in [-0.2, -0.15) is 5.10 Å². The van der Waals surface area contributed by atoms with E-state index in [2.05, 4.69) is 31.3 Å². The summed E-state index contributed by atoms with van der Waals surface area (Å²) in [5.74, 6) is 1.29. The van der Waals surface area contributed by atoms with Crippen molar-refractivity contribution < 1.29 is 9.18 Å². The molecule has 2 aliphatic heterocycles. The molecule has 31 heavy (non-hydrogen) atoms. The molecule has 160 valence electrons. The summed E-state index contributed by atoms with van der Waals surface area (Å²) in [4.78, 5) is 25.8. The van der Waals surface area contributed by atoms with Crippen LogP contribution in [0, 0.1) is 5.92 Å². The zero-order chi connectivity index (χ0) is 21.1. The summed E-state index contributed by atoms with van der Waals surface area (Å²) < 4.78 is 15.3. The van der Waals surface area contributed by atoms with Gasteiger partial charge in [-0.25, -0.2) is 18.9 Å². The highest BCUT2D eigenvalue weighted by molar-refractivity contribution is 5.84. The van der Waals surface area contributed by atoms with Crippen LogP contribution in [0.15, 0.2) is 36.9 Å². The first-order valence-electron chi connectivity index (χ1n) is 10.8. The van der Waals surface area contributed by atoms with Gasteiger partial charge in [0.25, 0.3) is 0 Å². The largest absolute Gasteiger partial charge is 0.373 e. The van der Waals surface area contributed by atoms with Crippen molar-refractivity contribution in [3.05, 3.63) is 36.9 Å². The van der Waals surface area contributed by atoms with Crippen LogP contribution >= 0.6 is 0 Å². The van der Waals surface area contributed by atoms with Crippen molar-refractivity contribution >= 4 is 23.1 Å². The smallest absolute Gasteiger partial charge is 0.229 e. The molecule has 1 aliphatic carbocycles. The number of anilines is 2. The van der Waals surface area contributed by atoms with Crippen LogP contribution in [0.2, 0.25) is 0 Å². The van der Waals surface area contributed by atoms with E-state index in [-0.39, 0.29) is 18.0 Å². The molecule has 1 N–H and O–H groups in total. The Hall–Kier alpha value is -3.23. The minimum absolute atomic E-state index is 0.00971. The zero-order valence-electron chi connectivity index (χ0n) is 17.3. The predicted octanol–water partition coefficient (Wildman–Crippen LogP) is 2.37. The van der Waals surface area contributed by atoms with Crippen LogP contribution in [0.4, 0.5) is 16.0 Å². The van der Waals surface area contributed by atoms with Gasteiger partial charge < -0.3 is 15.1 Å². The summed E-state index contributed by atoms with van der Waals surface area (Å²) in [6, 6.07) is 6.33. The molecule has 8 nitrogen and oxygen atoms in total. The molecule has 1 saturated carbocycles. The second-order valence-corrected chi connectivity index (χ2v) is 8.72. The summed E-state index contributed by atoms with van der Waals surface area (Å²) in [5.41, 5.74) is 3.03. The number of alkyl halides is 1. The Kier molecular flexibility index (Phi) is 4.12. The highest BCUT2D eigenvalue weighted by atomic mass is 19.1. The van der Waals surface area contributed by atoms with E-state index in [1.54, 1.807) is 12.5 Å². The van der Waals surface area contributed by atoms with Gasteiger partial charge in [0.2, 0.25) is 5.91 Å². The van der Waals surface area contributed by atoms with Crippen molar-refractivity contribution in [2.75, 3.05) is 30.4 Å². The van der Waals surface area contributed by atoms with Gasteiger partial charge in [0.05, 0.1) is 5.92 Å². The molecule has 2 saturated heterocycles. The molecule has 4 atom stereocenters. The highest BCUT2D eigenvalue weighted by Crippen LogP contribution is 2.41. The van der Waals surface area contributed by atoms with Crippen molar-refractivity contribution in [3.63, 3.8) is 0 Å². The molecule has 3 aliphatic rings. The van der Waals surface area contributed by atoms with E-state index in [0.29, 0.717) is 6.42 Å². The third-order valence-corrected chi connectivity index (χ3v) is 6.80. The molecular formula is C22H24FN7O. The highest BCUT2D eigenvalue weighted by Gasteiger charge is 2.51. The maximum atomic E-state index is 13.5. The molecule has 2 bridgehead atoms. The summed E-state index contributed by atoms with van der Waals surface area (Å²) in [5, 5.41) is 7.47. The molecule has 1 amide bonds. The van der Waals surface area contributed by atoms with E-state index < -0.39 is 12.1 Å². The van der Waals surface area contributed by atoms with Crippen LogP contribution in [0.25, 0.3) is 16.6 Å². The summed E-state index contributed by atoms with van der Waals surface area (Å²) in [6.45, 7) is 1.44. The number of halogens is 1. The predicted molar refractivity (Wildman–Crippen MR) is 115 cm³/mol. The molecule has 5 heterocycles. The van der Waals surface area contributed by atoms with Crippen LogP contribution in [0.5, 0.6) is 0 Å². The lowest BCUT2D eigenvalue weighted by molar-refractivity contribution is -0.136. The maximum absolute atomic E-state index is 13.5. The van der Waals surface area contributed by atoms with E-state index in [0.717, 1.165) is 54.2 Å². The number of rotatable bonds is 4. The standard InChI is InChI=1S/C22H24FN7O/c1-24-20-7-13(4-5-25-20)14-6-19-21(26-12-27-29(19)9-14)28-10-15-2-3-16(11-28)30(15)22(31)17-8-18(17)23/h4-7,9,12,15-18H,2-3,8,10-11H2,1H3,(H,24,25)/t15?,16?,17-,18-/m1/s1.